The number of esters is 2. The highest BCUT2D eigenvalue weighted by atomic mass is 16.6. The fourth-order valence-electron chi connectivity index (χ4n) is 1.81. The number of aryl methyl sites for hydroxylation is 1. The summed E-state index contributed by atoms with van der Waals surface area (Å²) in [6, 6.07) is 7.33. The maximum Gasteiger partial charge on any atom is 0.407 e. The molecule has 0 aliphatic carbocycles. The third kappa shape index (κ3) is 9.10. The van der Waals surface area contributed by atoms with E-state index >= 15 is 0 Å². The average Bonchev–Trinajstić information content (AvgIpc) is 2.67. The van der Waals surface area contributed by atoms with E-state index in [4.69, 9.17) is 18.9 Å². The van der Waals surface area contributed by atoms with Crippen LogP contribution in [0.2, 0.25) is 0 Å². The summed E-state index contributed by atoms with van der Waals surface area (Å²) < 4.78 is 20.5. The Hall–Kier alpha value is -3.29. The lowest BCUT2D eigenvalue weighted by Gasteiger charge is -2.19. The van der Waals surface area contributed by atoms with Gasteiger partial charge in [0.25, 0.3) is 0 Å². The fraction of sp³-hybridized carbons (Fsp3) is 0.316. The van der Waals surface area contributed by atoms with Gasteiger partial charge < -0.3 is 24.3 Å². The Labute approximate surface area is 157 Å². The van der Waals surface area contributed by atoms with E-state index in [2.05, 4.69) is 18.5 Å². The molecule has 0 fully saturated rings. The van der Waals surface area contributed by atoms with Crippen molar-refractivity contribution in [3.8, 4) is 5.75 Å². The second-order valence-electron chi connectivity index (χ2n) is 5.24. The van der Waals surface area contributed by atoms with Crippen molar-refractivity contribution in [1.82, 2.24) is 5.32 Å². The molecule has 1 aromatic rings. The highest BCUT2D eigenvalue weighted by Gasteiger charge is 2.18. The van der Waals surface area contributed by atoms with Gasteiger partial charge in [-0.1, -0.05) is 31.4 Å². The molecule has 27 heavy (non-hydrogen) atoms. The molecule has 0 saturated carbocycles. The van der Waals surface area contributed by atoms with Crippen LogP contribution in [0.5, 0.6) is 5.75 Å². The number of benzene rings is 1. The lowest BCUT2D eigenvalue weighted by atomic mass is 10.2. The lowest BCUT2D eigenvalue weighted by Crippen LogP contribution is -2.36. The second-order valence-corrected chi connectivity index (χ2v) is 5.24. The number of carbonyl (C=O) groups is 3. The Morgan fingerprint density at radius 2 is 1.74 bits per heavy atom. The van der Waals surface area contributed by atoms with Crippen LogP contribution in [0.15, 0.2) is 49.6 Å². The molecule has 1 aromatic carbocycles. The van der Waals surface area contributed by atoms with Crippen LogP contribution in [0.25, 0.3) is 0 Å². The van der Waals surface area contributed by atoms with E-state index < -0.39 is 24.1 Å². The molecule has 1 N–H and O–H groups in total. The normalized spacial score (nSPS) is 10.9. The van der Waals surface area contributed by atoms with Gasteiger partial charge in [-0.3, -0.25) is 0 Å². The van der Waals surface area contributed by atoms with E-state index in [1.54, 1.807) is 6.07 Å². The predicted octanol–water partition coefficient (Wildman–Crippen LogP) is 1.93. The minimum Gasteiger partial charge on any atom is -0.489 e. The molecule has 0 aromatic heterocycles. The maximum atomic E-state index is 11.8. The number of alkyl carbamates (subject to hydrolysis) is 1. The minimum absolute atomic E-state index is 0.0197. The maximum absolute atomic E-state index is 11.8. The van der Waals surface area contributed by atoms with Gasteiger partial charge >= 0.3 is 18.0 Å². The summed E-state index contributed by atoms with van der Waals surface area (Å²) in [6.45, 7) is 8.24. The second kappa shape index (κ2) is 12.1. The van der Waals surface area contributed by atoms with Crippen LogP contribution in [-0.2, 0) is 23.8 Å². The van der Waals surface area contributed by atoms with Crippen LogP contribution in [0, 0.1) is 6.92 Å². The van der Waals surface area contributed by atoms with E-state index in [-0.39, 0.29) is 26.4 Å². The number of ether oxygens (including phenoxy) is 4. The summed E-state index contributed by atoms with van der Waals surface area (Å²) in [5.41, 5.74) is 0.910. The number of para-hydroxylation sites is 1. The molecular weight excluding hydrogens is 354 g/mol. The molecule has 0 bridgehead atoms. The number of amides is 1. The molecule has 8 nitrogen and oxygen atoms in total. The van der Waals surface area contributed by atoms with E-state index in [1.807, 2.05) is 25.1 Å². The van der Waals surface area contributed by atoms with Gasteiger partial charge in [0, 0.05) is 12.2 Å². The topological polar surface area (TPSA) is 100 Å². The molecule has 0 heterocycles. The Kier molecular flexibility index (Phi) is 9.77. The molecular formula is C19H23NO7. The molecule has 0 saturated heterocycles. The molecule has 146 valence electrons. The predicted molar refractivity (Wildman–Crippen MR) is 97.3 cm³/mol. The van der Waals surface area contributed by atoms with Crippen LogP contribution >= 0.6 is 0 Å². The van der Waals surface area contributed by atoms with E-state index in [0.717, 1.165) is 17.7 Å². The summed E-state index contributed by atoms with van der Waals surface area (Å²) in [6.07, 6.45) is 0.417. The van der Waals surface area contributed by atoms with Crippen molar-refractivity contribution in [3.63, 3.8) is 0 Å². The number of nitrogens with one attached hydrogen (secondary N) is 1. The van der Waals surface area contributed by atoms with Gasteiger partial charge in [0.15, 0.2) is 6.10 Å². The largest absolute Gasteiger partial charge is 0.489 e. The fourth-order valence-corrected chi connectivity index (χ4v) is 1.81. The van der Waals surface area contributed by atoms with Crippen LogP contribution in [0.1, 0.15) is 5.56 Å². The molecule has 0 radical (unpaired) electrons. The van der Waals surface area contributed by atoms with Crippen molar-refractivity contribution in [3.05, 3.63) is 55.1 Å². The summed E-state index contributed by atoms with van der Waals surface area (Å²) in [5, 5.41) is 2.41. The summed E-state index contributed by atoms with van der Waals surface area (Å²) in [5.74, 6) is -0.611. The van der Waals surface area contributed by atoms with E-state index in [9.17, 15) is 14.4 Å². The molecule has 0 spiro atoms. The zero-order chi connectivity index (χ0) is 20.1. The van der Waals surface area contributed by atoms with E-state index in [0.29, 0.717) is 5.75 Å². The van der Waals surface area contributed by atoms with Crippen LogP contribution in [0.4, 0.5) is 4.79 Å². The van der Waals surface area contributed by atoms with Gasteiger partial charge in [-0.15, -0.1) is 0 Å². The van der Waals surface area contributed by atoms with Crippen LogP contribution < -0.4 is 10.1 Å². The van der Waals surface area contributed by atoms with Crippen LogP contribution in [-0.4, -0.2) is 50.5 Å². The molecule has 1 amide bonds. The van der Waals surface area contributed by atoms with Crippen molar-refractivity contribution in [1.29, 1.82) is 0 Å². The van der Waals surface area contributed by atoms with Gasteiger partial charge in [-0.2, -0.15) is 0 Å². The van der Waals surface area contributed by atoms with E-state index in [1.165, 1.54) is 0 Å². The number of hydrogen-bond donors (Lipinski definition) is 1. The first-order chi connectivity index (χ1) is 13.0. The highest BCUT2D eigenvalue weighted by Crippen LogP contribution is 2.16. The minimum atomic E-state index is -0.843. The van der Waals surface area contributed by atoms with Crippen molar-refractivity contribution in [2.45, 2.75) is 13.0 Å². The highest BCUT2D eigenvalue weighted by molar-refractivity contribution is 5.81. The van der Waals surface area contributed by atoms with Gasteiger partial charge in [-0.25, -0.2) is 14.4 Å². The Morgan fingerprint density at radius 3 is 2.41 bits per heavy atom. The first-order valence-corrected chi connectivity index (χ1v) is 8.17. The molecule has 0 aliphatic heterocycles. The monoisotopic (exact) mass is 377 g/mol. The molecule has 1 atom stereocenters. The Bertz CT molecular complexity index is 672. The molecule has 8 heteroatoms. The zero-order valence-corrected chi connectivity index (χ0v) is 15.1. The number of hydrogen-bond acceptors (Lipinski definition) is 7. The SMILES string of the molecule is C=CC(=O)OCCNC(=O)OC(COC(=O)C=C)COc1ccccc1C. The average molecular weight is 377 g/mol. The van der Waals surface area contributed by atoms with Crippen molar-refractivity contribution in [2.75, 3.05) is 26.4 Å². The Morgan fingerprint density at radius 1 is 1.07 bits per heavy atom. The summed E-state index contributed by atoms with van der Waals surface area (Å²) in [4.78, 5) is 34.0. The third-order valence-electron chi connectivity index (χ3n) is 3.15. The van der Waals surface area contributed by atoms with Gasteiger partial charge in [-0.05, 0) is 18.6 Å². The third-order valence-corrected chi connectivity index (χ3v) is 3.15. The quantitative estimate of drug-likeness (QED) is 0.272. The van der Waals surface area contributed by atoms with Gasteiger partial charge in [0.05, 0.1) is 6.54 Å². The van der Waals surface area contributed by atoms with Gasteiger partial charge in [0.1, 0.15) is 25.6 Å². The van der Waals surface area contributed by atoms with Gasteiger partial charge in [0.2, 0.25) is 0 Å². The first-order valence-electron chi connectivity index (χ1n) is 8.17. The lowest BCUT2D eigenvalue weighted by molar-refractivity contribution is -0.141. The summed E-state index contributed by atoms with van der Waals surface area (Å²) in [7, 11) is 0. The molecule has 1 rings (SSSR count). The zero-order valence-electron chi connectivity index (χ0n) is 15.1. The van der Waals surface area contributed by atoms with Crippen LogP contribution in [0.3, 0.4) is 0 Å². The summed E-state index contributed by atoms with van der Waals surface area (Å²) >= 11 is 0. The molecule has 0 aliphatic rings. The number of rotatable bonds is 11. The standard InChI is InChI=1S/C19H23NO7/c1-4-17(21)24-11-10-20-19(23)27-15(13-26-18(22)5-2)12-25-16-9-7-6-8-14(16)3/h4-9,15H,1-2,10-13H2,3H3,(H,20,23). The Balaban J connectivity index is 2.51. The number of carbonyl (C=O) groups excluding carboxylic acids is 3. The van der Waals surface area contributed by atoms with Crippen molar-refractivity contribution >= 4 is 18.0 Å². The first kappa shape index (κ1) is 21.8. The molecule has 1 unspecified atom stereocenters. The van der Waals surface area contributed by atoms with Crippen molar-refractivity contribution in [2.24, 2.45) is 0 Å². The smallest absolute Gasteiger partial charge is 0.407 e. The van der Waals surface area contributed by atoms with Crippen molar-refractivity contribution < 1.29 is 33.3 Å².